The molecule has 1 aromatic carbocycles. The average molecular weight is 532 g/mol. The van der Waals surface area contributed by atoms with Crippen molar-refractivity contribution in [1.29, 1.82) is 0 Å². The lowest BCUT2D eigenvalue weighted by Crippen LogP contribution is -2.52. The minimum Gasteiger partial charge on any atom is -0.490 e. The Morgan fingerprint density at radius 1 is 1.05 bits per heavy atom. The molecular weight excluding hydrogens is 506 g/mol. The van der Waals surface area contributed by atoms with Crippen molar-refractivity contribution < 1.29 is 19.1 Å². The summed E-state index contributed by atoms with van der Waals surface area (Å²) < 4.78 is 5.89. The van der Waals surface area contributed by atoms with Crippen LogP contribution in [0.5, 0.6) is 5.75 Å². The van der Waals surface area contributed by atoms with Gasteiger partial charge in [0.15, 0.2) is 0 Å². The molecule has 0 spiro atoms. The Labute approximate surface area is 224 Å². The molecular formula is C28H26ClN5O4. The largest absolute Gasteiger partial charge is 0.490 e. The van der Waals surface area contributed by atoms with Gasteiger partial charge in [-0.15, -0.1) is 0 Å². The number of rotatable bonds is 7. The zero-order chi connectivity index (χ0) is 26.2. The molecule has 6 rings (SSSR count). The molecule has 3 aromatic rings. The number of fused-ring (bicyclic) bond motifs is 1. The molecule has 1 N–H and O–H groups in total. The summed E-state index contributed by atoms with van der Waals surface area (Å²) in [5.74, 6) is -0.169. The normalized spacial score (nSPS) is 21.2. The van der Waals surface area contributed by atoms with Crippen molar-refractivity contribution in [3.8, 4) is 17.0 Å². The molecule has 10 heteroatoms. The summed E-state index contributed by atoms with van der Waals surface area (Å²) in [4.78, 5) is 49.4. The van der Waals surface area contributed by atoms with Crippen LogP contribution in [-0.4, -0.2) is 62.7 Å². The van der Waals surface area contributed by atoms with Crippen molar-refractivity contribution >= 4 is 29.3 Å². The summed E-state index contributed by atoms with van der Waals surface area (Å²) in [7, 11) is 0. The molecule has 0 bridgehead atoms. The first-order chi connectivity index (χ1) is 18.4. The summed E-state index contributed by atoms with van der Waals surface area (Å²) in [6.07, 6.45) is 5.10. The van der Waals surface area contributed by atoms with E-state index in [9.17, 15) is 14.4 Å². The summed E-state index contributed by atoms with van der Waals surface area (Å²) in [6.45, 7) is 2.72. The maximum absolute atomic E-state index is 13.0. The molecule has 194 valence electrons. The van der Waals surface area contributed by atoms with Gasteiger partial charge in [-0.25, -0.2) is 4.98 Å². The van der Waals surface area contributed by atoms with E-state index in [0.717, 1.165) is 41.9 Å². The number of carbonyl (C=O) groups excluding carboxylic acids is 3. The molecule has 3 amide bonds. The van der Waals surface area contributed by atoms with Gasteiger partial charge in [-0.1, -0.05) is 17.7 Å². The predicted octanol–water partition coefficient (Wildman–Crippen LogP) is 3.21. The highest BCUT2D eigenvalue weighted by molar-refractivity contribution is 6.29. The first-order valence-electron chi connectivity index (χ1n) is 12.7. The lowest BCUT2D eigenvalue weighted by Gasteiger charge is -2.40. The van der Waals surface area contributed by atoms with Crippen LogP contribution in [0.25, 0.3) is 11.3 Å². The smallest absolute Gasteiger partial charge is 0.255 e. The van der Waals surface area contributed by atoms with Crippen LogP contribution in [0.3, 0.4) is 0 Å². The second kappa shape index (κ2) is 10.2. The first-order valence-corrected chi connectivity index (χ1v) is 13.0. The summed E-state index contributed by atoms with van der Waals surface area (Å²) in [5, 5.41) is 2.78. The van der Waals surface area contributed by atoms with Crippen molar-refractivity contribution in [2.45, 2.75) is 44.4 Å². The van der Waals surface area contributed by atoms with Crippen LogP contribution in [0.15, 0.2) is 54.9 Å². The Kier molecular flexibility index (Phi) is 6.55. The molecule has 3 aliphatic heterocycles. The third kappa shape index (κ3) is 4.87. The van der Waals surface area contributed by atoms with E-state index in [1.807, 2.05) is 36.5 Å². The molecule has 2 saturated heterocycles. The highest BCUT2D eigenvalue weighted by Gasteiger charge is 2.39. The molecule has 2 fully saturated rings. The number of carbonyl (C=O) groups is 3. The Hall–Kier alpha value is -3.82. The van der Waals surface area contributed by atoms with Crippen molar-refractivity contribution in [3.05, 3.63) is 76.7 Å². The van der Waals surface area contributed by atoms with Gasteiger partial charge in [0.25, 0.3) is 5.91 Å². The van der Waals surface area contributed by atoms with Gasteiger partial charge in [-0.3, -0.25) is 29.6 Å². The molecule has 2 aromatic heterocycles. The van der Waals surface area contributed by atoms with Crippen molar-refractivity contribution in [2.75, 3.05) is 13.2 Å². The van der Waals surface area contributed by atoms with Crippen LogP contribution in [0.1, 0.15) is 40.7 Å². The number of pyridine rings is 2. The number of nitrogens with zero attached hydrogens (tertiary/aromatic N) is 4. The maximum atomic E-state index is 13.0. The zero-order valence-corrected chi connectivity index (χ0v) is 21.4. The fourth-order valence-corrected chi connectivity index (χ4v) is 5.34. The minimum absolute atomic E-state index is 0.178. The van der Waals surface area contributed by atoms with E-state index < -0.39 is 11.9 Å². The number of likely N-dealkylation sites (tertiary alicyclic amines) is 1. The first kappa shape index (κ1) is 24.5. The number of piperidine rings is 1. The number of amides is 3. The van der Waals surface area contributed by atoms with Crippen molar-refractivity contribution in [3.63, 3.8) is 0 Å². The molecule has 5 heterocycles. The number of aromatic nitrogens is 2. The fraction of sp³-hybridized carbons (Fsp3) is 0.321. The van der Waals surface area contributed by atoms with Gasteiger partial charge >= 0.3 is 0 Å². The van der Waals surface area contributed by atoms with E-state index >= 15 is 0 Å². The lowest BCUT2D eigenvalue weighted by molar-refractivity contribution is -0.136. The summed E-state index contributed by atoms with van der Waals surface area (Å²) in [5.41, 5.74) is 4.35. The monoisotopic (exact) mass is 531 g/mol. The van der Waals surface area contributed by atoms with Crippen LogP contribution in [-0.2, 0) is 22.7 Å². The SMILES string of the molecule is O=C1CCC(N2Cc3cc(-c4cc(CN5CC[C@@H]5COc5ccc(Cl)nc5)ccn4)ccc3C2=O)C(=O)N1. The molecule has 3 aliphatic rings. The van der Waals surface area contributed by atoms with Crippen LogP contribution in [0.4, 0.5) is 0 Å². The number of halogens is 1. The highest BCUT2D eigenvalue weighted by Crippen LogP contribution is 2.31. The van der Waals surface area contributed by atoms with E-state index in [1.54, 1.807) is 17.2 Å². The number of hydrogen-bond acceptors (Lipinski definition) is 7. The molecule has 0 saturated carbocycles. The van der Waals surface area contributed by atoms with Gasteiger partial charge in [0.2, 0.25) is 11.8 Å². The van der Waals surface area contributed by atoms with Gasteiger partial charge in [0.05, 0.1) is 11.9 Å². The van der Waals surface area contributed by atoms with Gasteiger partial charge in [0, 0.05) is 49.4 Å². The maximum Gasteiger partial charge on any atom is 0.255 e. The summed E-state index contributed by atoms with van der Waals surface area (Å²) >= 11 is 5.84. The number of ether oxygens (including phenoxy) is 1. The molecule has 0 aliphatic carbocycles. The van der Waals surface area contributed by atoms with Gasteiger partial charge in [-0.05, 0) is 60.4 Å². The van der Waals surface area contributed by atoms with E-state index in [4.69, 9.17) is 16.3 Å². The average Bonchev–Trinajstić information content (AvgIpc) is 3.23. The highest BCUT2D eigenvalue weighted by atomic mass is 35.5. The Morgan fingerprint density at radius 2 is 1.95 bits per heavy atom. The second-order valence-corrected chi connectivity index (χ2v) is 10.2. The third-order valence-electron chi connectivity index (χ3n) is 7.44. The molecule has 2 atom stereocenters. The van der Waals surface area contributed by atoms with Crippen molar-refractivity contribution in [1.82, 2.24) is 25.1 Å². The van der Waals surface area contributed by atoms with E-state index in [0.29, 0.717) is 42.1 Å². The predicted molar refractivity (Wildman–Crippen MR) is 139 cm³/mol. The van der Waals surface area contributed by atoms with Crippen LogP contribution >= 0.6 is 11.6 Å². The van der Waals surface area contributed by atoms with Crippen molar-refractivity contribution in [2.24, 2.45) is 0 Å². The van der Waals surface area contributed by atoms with Crippen LogP contribution in [0.2, 0.25) is 5.15 Å². The van der Waals surface area contributed by atoms with Crippen LogP contribution < -0.4 is 10.1 Å². The number of benzene rings is 1. The number of nitrogens with one attached hydrogen (secondary N) is 1. The van der Waals surface area contributed by atoms with E-state index in [2.05, 4.69) is 26.3 Å². The van der Waals surface area contributed by atoms with E-state index in [1.165, 1.54) is 0 Å². The number of hydrogen-bond donors (Lipinski definition) is 1. The minimum atomic E-state index is -0.623. The number of imide groups is 1. The Balaban J connectivity index is 1.11. The zero-order valence-electron chi connectivity index (χ0n) is 20.6. The molecule has 0 radical (unpaired) electrons. The molecule has 9 nitrogen and oxygen atoms in total. The van der Waals surface area contributed by atoms with E-state index in [-0.39, 0.29) is 18.2 Å². The molecule has 1 unspecified atom stereocenters. The third-order valence-corrected chi connectivity index (χ3v) is 7.66. The summed E-state index contributed by atoms with van der Waals surface area (Å²) in [6, 6.07) is 13.0. The fourth-order valence-electron chi connectivity index (χ4n) is 5.23. The van der Waals surface area contributed by atoms with Gasteiger partial charge in [0.1, 0.15) is 23.6 Å². The Bertz CT molecular complexity index is 1410. The molecule has 38 heavy (non-hydrogen) atoms. The second-order valence-electron chi connectivity index (χ2n) is 9.86. The topological polar surface area (TPSA) is 105 Å². The lowest BCUT2D eigenvalue weighted by atomic mass is 10.0. The standard InChI is InChI=1S/C28H26ClN5O4/c29-25-5-2-21(13-31-25)38-16-20-8-10-33(20)14-17-7-9-30-23(11-17)18-1-3-22-19(12-18)15-34(28(22)37)24-4-6-26(35)32-27(24)36/h1-3,5,7,9,11-13,20,24H,4,6,8,10,14-16H2,(H,32,35,36)/t20-,24?/m1/s1. The van der Waals surface area contributed by atoms with Gasteiger partial charge < -0.3 is 9.64 Å². The van der Waals surface area contributed by atoms with Gasteiger partial charge in [-0.2, -0.15) is 0 Å². The Morgan fingerprint density at radius 3 is 2.71 bits per heavy atom. The quantitative estimate of drug-likeness (QED) is 0.369. The van der Waals surface area contributed by atoms with Crippen LogP contribution in [0, 0.1) is 0 Å².